The van der Waals surface area contributed by atoms with Crippen molar-refractivity contribution in [2.75, 3.05) is 26.9 Å². The molecule has 0 radical (unpaired) electrons. The second-order valence-electron chi connectivity index (χ2n) is 5.66. The molecule has 0 aromatic heterocycles. The van der Waals surface area contributed by atoms with Crippen LogP contribution < -0.4 is 4.74 Å². The zero-order valence-electron chi connectivity index (χ0n) is 12.1. The fraction of sp³-hybridized carbons (Fsp3) is 0.600. The first-order valence-corrected chi connectivity index (χ1v) is 6.67. The average Bonchev–Trinajstić information content (AvgIpc) is 2.37. The summed E-state index contributed by atoms with van der Waals surface area (Å²) < 4.78 is 10.7. The summed E-state index contributed by atoms with van der Waals surface area (Å²) in [5, 5.41) is 10.2. The maximum atomic E-state index is 10.2. The summed E-state index contributed by atoms with van der Waals surface area (Å²) >= 11 is 0. The number of aromatic hydroxyl groups is 1. The number of benzene rings is 1. The standard InChI is InChI=1S/C15H23NO3/c1-11(16-7-8-19-10-15(16,2)3)13-6-5-12(18-4)9-14(13)17/h5-6,9,11,17H,7-8,10H2,1-4H3. The van der Waals surface area contributed by atoms with Crippen LogP contribution in [0.1, 0.15) is 32.4 Å². The highest BCUT2D eigenvalue weighted by Gasteiger charge is 2.35. The topological polar surface area (TPSA) is 41.9 Å². The maximum absolute atomic E-state index is 10.2. The number of phenols is 1. The van der Waals surface area contributed by atoms with E-state index in [2.05, 4.69) is 25.7 Å². The van der Waals surface area contributed by atoms with Gasteiger partial charge in [-0.2, -0.15) is 0 Å². The third-order valence-electron chi connectivity index (χ3n) is 3.86. The predicted molar refractivity (Wildman–Crippen MR) is 74.7 cm³/mol. The van der Waals surface area contributed by atoms with Crippen molar-refractivity contribution in [1.82, 2.24) is 4.90 Å². The van der Waals surface area contributed by atoms with E-state index in [0.717, 1.165) is 18.7 Å². The van der Waals surface area contributed by atoms with Gasteiger partial charge in [-0.25, -0.2) is 0 Å². The van der Waals surface area contributed by atoms with Crippen LogP contribution >= 0.6 is 0 Å². The Morgan fingerprint density at radius 1 is 1.42 bits per heavy atom. The molecular formula is C15H23NO3. The lowest BCUT2D eigenvalue weighted by molar-refractivity contribution is -0.0698. The quantitative estimate of drug-likeness (QED) is 0.912. The third-order valence-corrected chi connectivity index (χ3v) is 3.86. The smallest absolute Gasteiger partial charge is 0.124 e. The molecule has 1 aromatic carbocycles. The van der Waals surface area contributed by atoms with E-state index in [0.29, 0.717) is 12.4 Å². The summed E-state index contributed by atoms with van der Waals surface area (Å²) in [5.41, 5.74) is 0.903. The van der Waals surface area contributed by atoms with Crippen molar-refractivity contribution in [1.29, 1.82) is 0 Å². The lowest BCUT2D eigenvalue weighted by Crippen LogP contribution is -2.53. The maximum Gasteiger partial charge on any atom is 0.124 e. The van der Waals surface area contributed by atoms with Gasteiger partial charge in [0.25, 0.3) is 0 Å². The van der Waals surface area contributed by atoms with E-state index in [9.17, 15) is 5.11 Å². The Labute approximate surface area is 114 Å². The largest absolute Gasteiger partial charge is 0.507 e. The normalized spacial score (nSPS) is 21.1. The van der Waals surface area contributed by atoms with Crippen LogP contribution in [0.25, 0.3) is 0 Å². The zero-order chi connectivity index (χ0) is 14.0. The summed E-state index contributed by atoms with van der Waals surface area (Å²) in [6.07, 6.45) is 0. The number of nitrogens with zero attached hydrogens (tertiary/aromatic N) is 1. The molecule has 0 aliphatic carbocycles. The van der Waals surface area contributed by atoms with Gasteiger partial charge in [0.2, 0.25) is 0 Å². The predicted octanol–water partition coefficient (Wildman–Crippen LogP) is 2.57. The minimum atomic E-state index is -0.0238. The van der Waals surface area contributed by atoms with Crippen molar-refractivity contribution in [3.8, 4) is 11.5 Å². The highest BCUT2D eigenvalue weighted by Crippen LogP contribution is 2.35. The van der Waals surface area contributed by atoms with Gasteiger partial charge in [0.15, 0.2) is 0 Å². The van der Waals surface area contributed by atoms with E-state index in [1.807, 2.05) is 12.1 Å². The molecule has 1 aromatic rings. The summed E-state index contributed by atoms with van der Waals surface area (Å²) in [7, 11) is 1.60. The minimum absolute atomic E-state index is 0.0238. The van der Waals surface area contributed by atoms with Gasteiger partial charge in [0, 0.05) is 29.8 Å². The fourth-order valence-electron chi connectivity index (χ4n) is 2.76. The molecule has 1 aliphatic heterocycles. The van der Waals surface area contributed by atoms with Crippen LogP contribution in [-0.4, -0.2) is 42.4 Å². The number of morpholine rings is 1. The highest BCUT2D eigenvalue weighted by molar-refractivity contribution is 5.41. The van der Waals surface area contributed by atoms with Gasteiger partial charge < -0.3 is 14.6 Å². The van der Waals surface area contributed by atoms with Crippen LogP contribution in [0.15, 0.2) is 18.2 Å². The van der Waals surface area contributed by atoms with Gasteiger partial charge in [0.1, 0.15) is 11.5 Å². The Morgan fingerprint density at radius 3 is 2.74 bits per heavy atom. The Morgan fingerprint density at radius 2 is 2.16 bits per heavy atom. The van der Waals surface area contributed by atoms with Gasteiger partial charge in [-0.15, -0.1) is 0 Å². The van der Waals surface area contributed by atoms with Crippen molar-refractivity contribution >= 4 is 0 Å². The molecule has 0 spiro atoms. The minimum Gasteiger partial charge on any atom is -0.507 e. The summed E-state index contributed by atoms with van der Waals surface area (Å²) in [4.78, 5) is 2.37. The van der Waals surface area contributed by atoms with E-state index < -0.39 is 0 Å². The van der Waals surface area contributed by atoms with E-state index in [1.165, 1.54) is 0 Å². The van der Waals surface area contributed by atoms with Crippen LogP contribution in [-0.2, 0) is 4.74 Å². The molecule has 1 saturated heterocycles. The molecule has 1 N–H and O–H groups in total. The van der Waals surface area contributed by atoms with Gasteiger partial charge >= 0.3 is 0 Å². The van der Waals surface area contributed by atoms with Crippen LogP contribution in [0, 0.1) is 0 Å². The van der Waals surface area contributed by atoms with Crippen LogP contribution in [0.4, 0.5) is 0 Å². The van der Waals surface area contributed by atoms with Crippen LogP contribution in [0.5, 0.6) is 11.5 Å². The van der Waals surface area contributed by atoms with E-state index in [-0.39, 0.29) is 17.3 Å². The molecule has 0 amide bonds. The van der Waals surface area contributed by atoms with E-state index in [1.54, 1.807) is 13.2 Å². The first kappa shape index (κ1) is 14.2. The molecule has 0 bridgehead atoms. The van der Waals surface area contributed by atoms with Gasteiger partial charge in [-0.3, -0.25) is 4.90 Å². The fourth-order valence-corrected chi connectivity index (χ4v) is 2.76. The van der Waals surface area contributed by atoms with Crippen LogP contribution in [0.3, 0.4) is 0 Å². The Hall–Kier alpha value is -1.26. The van der Waals surface area contributed by atoms with Gasteiger partial charge in [0.05, 0.1) is 20.3 Å². The SMILES string of the molecule is COc1ccc(C(C)N2CCOCC2(C)C)c(O)c1. The van der Waals surface area contributed by atoms with E-state index in [4.69, 9.17) is 9.47 Å². The highest BCUT2D eigenvalue weighted by atomic mass is 16.5. The number of hydrogen-bond acceptors (Lipinski definition) is 4. The first-order valence-electron chi connectivity index (χ1n) is 6.67. The molecule has 4 nitrogen and oxygen atoms in total. The molecule has 19 heavy (non-hydrogen) atoms. The van der Waals surface area contributed by atoms with Crippen molar-refractivity contribution in [2.45, 2.75) is 32.4 Å². The number of methoxy groups -OCH3 is 1. The van der Waals surface area contributed by atoms with Crippen molar-refractivity contribution in [2.24, 2.45) is 0 Å². The molecule has 4 heteroatoms. The Balaban J connectivity index is 2.25. The van der Waals surface area contributed by atoms with E-state index >= 15 is 0 Å². The number of ether oxygens (including phenoxy) is 2. The first-order chi connectivity index (χ1) is 8.95. The molecule has 1 aliphatic rings. The monoisotopic (exact) mass is 265 g/mol. The number of phenolic OH excluding ortho intramolecular Hbond substituents is 1. The van der Waals surface area contributed by atoms with Crippen molar-refractivity contribution < 1.29 is 14.6 Å². The average molecular weight is 265 g/mol. The lowest BCUT2D eigenvalue weighted by atomic mass is 9.96. The molecule has 106 valence electrons. The lowest BCUT2D eigenvalue weighted by Gasteiger charge is -2.45. The molecule has 1 atom stereocenters. The molecule has 1 heterocycles. The summed E-state index contributed by atoms with van der Waals surface area (Å²) in [6.45, 7) is 8.79. The number of hydrogen-bond donors (Lipinski definition) is 1. The molecule has 1 fully saturated rings. The van der Waals surface area contributed by atoms with Crippen LogP contribution in [0.2, 0.25) is 0 Å². The van der Waals surface area contributed by atoms with Crippen molar-refractivity contribution in [3.63, 3.8) is 0 Å². The Bertz CT molecular complexity index is 445. The molecule has 1 unspecified atom stereocenters. The molecular weight excluding hydrogens is 242 g/mol. The summed E-state index contributed by atoms with van der Waals surface area (Å²) in [5.74, 6) is 0.962. The van der Waals surface area contributed by atoms with Gasteiger partial charge in [-0.1, -0.05) is 6.07 Å². The zero-order valence-corrected chi connectivity index (χ0v) is 12.1. The summed E-state index contributed by atoms with van der Waals surface area (Å²) in [6, 6.07) is 5.63. The van der Waals surface area contributed by atoms with Crippen molar-refractivity contribution in [3.05, 3.63) is 23.8 Å². The molecule has 2 rings (SSSR count). The number of rotatable bonds is 3. The van der Waals surface area contributed by atoms with Gasteiger partial charge in [-0.05, 0) is 26.8 Å². The second-order valence-corrected chi connectivity index (χ2v) is 5.66. The Kier molecular flexibility index (Phi) is 4.02. The molecule has 0 saturated carbocycles. The second kappa shape index (κ2) is 5.39. The third kappa shape index (κ3) is 2.85.